The first-order valence-corrected chi connectivity index (χ1v) is 4.92. The summed E-state index contributed by atoms with van der Waals surface area (Å²) in [5, 5.41) is 11.7. The number of nitrogens with zero attached hydrogens (tertiary/aromatic N) is 1. The molecular weight excluding hydrogens is 208 g/mol. The quantitative estimate of drug-likeness (QED) is 0.785. The second-order valence-corrected chi connectivity index (χ2v) is 4.06. The Morgan fingerprint density at radius 3 is 2.88 bits per heavy atom. The van der Waals surface area contributed by atoms with Crippen molar-refractivity contribution in [1.82, 2.24) is 10.3 Å². The first kappa shape index (κ1) is 12.4. The van der Waals surface area contributed by atoms with Gasteiger partial charge in [-0.25, -0.2) is 4.98 Å². The molecule has 0 radical (unpaired) electrons. The highest BCUT2D eigenvalue weighted by molar-refractivity contribution is 5.96. The number of hydrogen-bond acceptors (Lipinski definition) is 4. The van der Waals surface area contributed by atoms with Gasteiger partial charge < -0.3 is 15.2 Å². The average Bonchev–Trinajstić information content (AvgIpc) is 2.28. The lowest BCUT2D eigenvalue weighted by molar-refractivity contribution is 0.0865. The van der Waals surface area contributed by atoms with Crippen LogP contribution in [0.4, 0.5) is 0 Å². The van der Waals surface area contributed by atoms with Crippen LogP contribution < -0.4 is 10.1 Å². The lowest BCUT2D eigenvalue weighted by Gasteiger charge is -2.23. The van der Waals surface area contributed by atoms with Crippen molar-refractivity contribution >= 4 is 5.91 Å². The fraction of sp³-hybridized carbons (Fsp3) is 0.455. The maximum atomic E-state index is 11.9. The largest absolute Gasteiger partial charge is 0.480 e. The summed E-state index contributed by atoms with van der Waals surface area (Å²) in [7, 11) is 1.45. The fourth-order valence-electron chi connectivity index (χ4n) is 1.14. The van der Waals surface area contributed by atoms with Crippen molar-refractivity contribution in [2.45, 2.75) is 19.4 Å². The lowest BCUT2D eigenvalue weighted by atomic mass is 10.1. The van der Waals surface area contributed by atoms with E-state index in [9.17, 15) is 4.79 Å². The number of aliphatic hydroxyl groups excluding tert-OH is 1. The molecule has 1 heterocycles. The van der Waals surface area contributed by atoms with Crippen LogP contribution in [-0.4, -0.2) is 35.3 Å². The van der Waals surface area contributed by atoms with Crippen LogP contribution in [0.1, 0.15) is 24.2 Å². The van der Waals surface area contributed by atoms with Crippen LogP contribution >= 0.6 is 0 Å². The molecule has 1 amide bonds. The zero-order valence-corrected chi connectivity index (χ0v) is 9.65. The number of methoxy groups -OCH3 is 1. The van der Waals surface area contributed by atoms with Crippen molar-refractivity contribution in [2.75, 3.05) is 13.7 Å². The van der Waals surface area contributed by atoms with Crippen LogP contribution in [0.25, 0.3) is 0 Å². The second kappa shape index (κ2) is 4.94. The van der Waals surface area contributed by atoms with Crippen LogP contribution in [-0.2, 0) is 0 Å². The van der Waals surface area contributed by atoms with E-state index in [4.69, 9.17) is 9.84 Å². The van der Waals surface area contributed by atoms with E-state index in [1.54, 1.807) is 32.2 Å². The number of nitrogens with one attached hydrogen (secondary N) is 1. The first-order valence-electron chi connectivity index (χ1n) is 4.92. The summed E-state index contributed by atoms with van der Waals surface area (Å²) in [5.41, 5.74) is -0.315. The number of pyridine rings is 1. The van der Waals surface area contributed by atoms with E-state index in [2.05, 4.69) is 10.3 Å². The zero-order chi connectivity index (χ0) is 12.2. The molecule has 0 unspecified atom stereocenters. The Hall–Kier alpha value is -1.62. The Labute approximate surface area is 94.5 Å². The number of hydrogen-bond donors (Lipinski definition) is 2. The molecule has 2 N–H and O–H groups in total. The predicted molar refractivity (Wildman–Crippen MR) is 59.4 cm³/mol. The number of aromatic nitrogens is 1. The average molecular weight is 224 g/mol. The Bertz CT molecular complexity index is 377. The highest BCUT2D eigenvalue weighted by Crippen LogP contribution is 2.14. The number of carbonyl (C=O) groups is 1. The van der Waals surface area contributed by atoms with Crippen molar-refractivity contribution in [3.05, 3.63) is 23.9 Å². The number of rotatable bonds is 4. The first-order chi connectivity index (χ1) is 7.50. The van der Waals surface area contributed by atoms with E-state index in [-0.39, 0.29) is 18.4 Å². The number of ether oxygens (including phenoxy) is 1. The van der Waals surface area contributed by atoms with E-state index >= 15 is 0 Å². The molecule has 0 fully saturated rings. The van der Waals surface area contributed by atoms with Gasteiger partial charge in [0.05, 0.1) is 19.3 Å². The van der Waals surface area contributed by atoms with E-state index in [0.29, 0.717) is 5.56 Å². The highest BCUT2D eigenvalue weighted by Gasteiger charge is 2.22. The number of amides is 1. The summed E-state index contributed by atoms with van der Waals surface area (Å²) in [6, 6.07) is 3.28. The van der Waals surface area contributed by atoms with Crippen molar-refractivity contribution in [3.63, 3.8) is 0 Å². The maximum absolute atomic E-state index is 11.9. The fourth-order valence-corrected chi connectivity index (χ4v) is 1.14. The van der Waals surface area contributed by atoms with Gasteiger partial charge in [0.1, 0.15) is 5.56 Å². The molecule has 0 bridgehead atoms. The minimum atomic E-state index is -0.669. The van der Waals surface area contributed by atoms with Crippen LogP contribution in [0.3, 0.4) is 0 Å². The maximum Gasteiger partial charge on any atom is 0.257 e. The van der Waals surface area contributed by atoms with Crippen molar-refractivity contribution < 1.29 is 14.6 Å². The molecule has 1 rings (SSSR count). The zero-order valence-electron chi connectivity index (χ0n) is 9.65. The molecule has 0 saturated carbocycles. The van der Waals surface area contributed by atoms with Crippen molar-refractivity contribution in [2.24, 2.45) is 0 Å². The molecular formula is C11H16N2O3. The molecule has 0 atom stereocenters. The molecule has 0 aliphatic carbocycles. The summed E-state index contributed by atoms with van der Waals surface area (Å²) >= 11 is 0. The molecule has 0 spiro atoms. The van der Waals surface area contributed by atoms with Gasteiger partial charge in [0.15, 0.2) is 0 Å². The normalized spacial score (nSPS) is 11.0. The van der Waals surface area contributed by atoms with E-state index in [1.165, 1.54) is 7.11 Å². The van der Waals surface area contributed by atoms with Gasteiger partial charge in [-0.05, 0) is 26.0 Å². The molecule has 0 saturated heterocycles. The standard InChI is InChI=1S/C11H16N2O3/c1-11(2,7-14)13-9(15)8-5-4-6-12-10(8)16-3/h4-6,14H,7H2,1-3H3,(H,13,15). The summed E-state index contributed by atoms with van der Waals surface area (Å²) < 4.78 is 4.98. The summed E-state index contributed by atoms with van der Waals surface area (Å²) in [6.45, 7) is 3.32. The summed E-state index contributed by atoms with van der Waals surface area (Å²) in [5.74, 6) is -0.0438. The van der Waals surface area contributed by atoms with Crippen molar-refractivity contribution in [1.29, 1.82) is 0 Å². The molecule has 88 valence electrons. The highest BCUT2D eigenvalue weighted by atomic mass is 16.5. The minimum Gasteiger partial charge on any atom is -0.480 e. The molecule has 0 aromatic carbocycles. The third-order valence-electron chi connectivity index (χ3n) is 2.06. The monoisotopic (exact) mass is 224 g/mol. The third-order valence-corrected chi connectivity index (χ3v) is 2.06. The molecule has 0 aliphatic rings. The van der Waals surface area contributed by atoms with Crippen LogP contribution in [0, 0.1) is 0 Å². The van der Waals surface area contributed by atoms with Crippen LogP contribution in [0.15, 0.2) is 18.3 Å². The van der Waals surface area contributed by atoms with Gasteiger partial charge in [-0.1, -0.05) is 0 Å². The Morgan fingerprint density at radius 2 is 2.31 bits per heavy atom. The Kier molecular flexibility index (Phi) is 3.84. The minimum absolute atomic E-state index is 0.138. The molecule has 1 aromatic heterocycles. The smallest absolute Gasteiger partial charge is 0.257 e. The van der Waals surface area contributed by atoms with Gasteiger partial charge in [-0.2, -0.15) is 0 Å². The summed E-state index contributed by atoms with van der Waals surface area (Å²) in [4.78, 5) is 15.8. The van der Waals surface area contributed by atoms with E-state index < -0.39 is 5.54 Å². The summed E-state index contributed by atoms with van der Waals surface area (Å²) in [6.07, 6.45) is 1.55. The molecule has 5 heteroatoms. The SMILES string of the molecule is COc1ncccc1C(=O)NC(C)(C)CO. The molecule has 5 nitrogen and oxygen atoms in total. The third kappa shape index (κ3) is 2.93. The predicted octanol–water partition coefficient (Wildman–Crippen LogP) is 0.591. The number of aliphatic hydroxyl groups is 1. The van der Waals surface area contributed by atoms with Gasteiger partial charge in [-0.3, -0.25) is 4.79 Å². The molecule has 0 aliphatic heterocycles. The van der Waals surface area contributed by atoms with Gasteiger partial charge >= 0.3 is 0 Å². The Balaban J connectivity index is 2.88. The van der Waals surface area contributed by atoms with Gasteiger partial charge in [0, 0.05) is 6.20 Å². The molecule has 1 aromatic rings. The lowest BCUT2D eigenvalue weighted by Crippen LogP contribution is -2.46. The van der Waals surface area contributed by atoms with Crippen LogP contribution in [0.2, 0.25) is 0 Å². The van der Waals surface area contributed by atoms with Crippen LogP contribution in [0.5, 0.6) is 5.88 Å². The Morgan fingerprint density at radius 1 is 1.62 bits per heavy atom. The van der Waals surface area contributed by atoms with Crippen molar-refractivity contribution in [3.8, 4) is 5.88 Å². The van der Waals surface area contributed by atoms with Gasteiger partial charge in [0.2, 0.25) is 5.88 Å². The van der Waals surface area contributed by atoms with Gasteiger partial charge in [-0.15, -0.1) is 0 Å². The van der Waals surface area contributed by atoms with Gasteiger partial charge in [0.25, 0.3) is 5.91 Å². The molecule has 16 heavy (non-hydrogen) atoms. The van der Waals surface area contributed by atoms with E-state index in [1.807, 2.05) is 0 Å². The number of carbonyl (C=O) groups excluding carboxylic acids is 1. The van der Waals surface area contributed by atoms with E-state index in [0.717, 1.165) is 0 Å². The second-order valence-electron chi connectivity index (χ2n) is 4.06. The topological polar surface area (TPSA) is 71.5 Å².